The fourth-order valence-corrected chi connectivity index (χ4v) is 3.26. The smallest absolute Gasteiger partial charge is 0.252 e. The molecule has 0 saturated heterocycles. The van der Waals surface area contributed by atoms with Crippen LogP contribution in [0.5, 0.6) is 0 Å². The van der Waals surface area contributed by atoms with Gasteiger partial charge in [-0.3, -0.25) is 4.79 Å². The minimum atomic E-state index is -0.529. The van der Waals surface area contributed by atoms with E-state index in [1.807, 2.05) is 24.3 Å². The second-order valence-electron chi connectivity index (χ2n) is 6.36. The minimum absolute atomic E-state index is 0.108. The molecule has 6 heteroatoms. The third-order valence-electron chi connectivity index (χ3n) is 4.54. The molecule has 1 heterocycles. The molecule has 0 bridgehead atoms. The molecule has 2 aromatic rings. The van der Waals surface area contributed by atoms with Gasteiger partial charge in [0.25, 0.3) is 5.91 Å². The average Bonchev–Trinajstić information content (AvgIpc) is 3.04. The largest absolute Gasteiger partial charge is 0.380 e. The summed E-state index contributed by atoms with van der Waals surface area (Å²) in [6, 6.07) is 7.46. The van der Waals surface area contributed by atoms with Crippen LogP contribution in [0.3, 0.4) is 0 Å². The standard InChI is InChI=1S/C18H23N3O3/c1-13-19-17(21-24-13)18(10-4-3-5-11-18)20-16(22)15-8-6-14(7-9-15)12-23-2/h6-9H,3-5,10-12H2,1-2H3,(H,20,22). The fraction of sp³-hybridized carbons (Fsp3) is 0.500. The molecule has 1 saturated carbocycles. The van der Waals surface area contributed by atoms with Crippen molar-refractivity contribution in [3.05, 3.63) is 47.1 Å². The third-order valence-corrected chi connectivity index (χ3v) is 4.54. The van der Waals surface area contributed by atoms with Crippen molar-refractivity contribution >= 4 is 5.91 Å². The predicted molar refractivity (Wildman–Crippen MR) is 88.4 cm³/mol. The molecule has 6 nitrogen and oxygen atoms in total. The number of nitrogens with zero attached hydrogens (tertiary/aromatic N) is 2. The molecule has 1 aliphatic carbocycles. The van der Waals surface area contributed by atoms with Crippen LogP contribution in [-0.4, -0.2) is 23.2 Å². The summed E-state index contributed by atoms with van der Waals surface area (Å²) in [4.78, 5) is 17.1. The van der Waals surface area contributed by atoms with Crippen LogP contribution in [0.4, 0.5) is 0 Å². The van der Waals surface area contributed by atoms with Crippen LogP contribution in [0.25, 0.3) is 0 Å². The van der Waals surface area contributed by atoms with E-state index in [1.165, 1.54) is 6.42 Å². The highest BCUT2D eigenvalue weighted by molar-refractivity contribution is 5.94. The van der Waals surface area contributed by atoms with E-state index in [1.54, 1.807) is 14.0 Å². The lowest BCUT2D eigenvalue weighted by Gasteiger charge is -2.35. The molecule has 3 rings (SSSR count). The minimum Gasteiger partial charge on any atom is -0.380 e. The third kappa shape index (κ3) is 3.48. The van der Waals surface area contributed by atoms with Gasteiger partial charge in [0.2, 0.25) is 5.89 Å². The fourth-order valence-electron chi connectivity index (χ4n) is 3.26. The van der Waals surface area contributed by atoms with Crippen molar-refractivity contribution in [1.29, 1.82) is 0 Å². The highest BCUT2D eigenvalue weighted by atomic mass is 16.5. The topological polar surface area (TPSA) is 77.2 Å². The van der Waals surface area contributed by atoms with Crippen molar-refractivity contribution in [3.63, 3.8) is 0 Å². The number of ether oxygens (including phenoxy) is 1. The van der Waals surface area contributed by atoms with Gasteiger partial charge in [-0.25, -0.2) is 0 Å². The number of hydrogen-bond acceptors (Lipinski definition) is 5. The Balaban J connectivity index is 1.80. The zero-order chi connectivity index (χ0) is 17.0. The Labute approximate surface area is 141 Å². The summed E-state index contributed by atoms with van der Waals surface area (Å²) < 4.78 is 10.2. The highest BCUT2D eigenvalue weighted by Crippen LogP contribution is 2.36. The van der Waals surface area contributed by atoms with Gasteiger partial charge in [0.05, 0.1) is 6.61 Å². The first-order valence-corrected chi connectivity index (χ1v) is 8.34. The van der Waals surface area contributed by atoms with E-state index < -0.39 is 5.54 Å². The maximum absolute atomic E-state index is 12.7. The molecule has 1 aromatic carbocycles. The van der Waals surface area contributed by atoms with Gasteiger partial charge in [0.1, 0.15) is 5.54 Å². The van der Waals surface area contributed by atoms with Gasteiger partial charge in [-0.05, 0) is 30.5 Å². The van der Waals surface area contributed by atoms with Gasteiger partial charge >= 0.3 is 0 Å². The van der Waals surface area contributed by atoms with E-state index in [9.17, 15) is 4.79 Å². The maximum Gasteiger partial charge on any atom is 0.252 e. The first kappa shape index (κ1) is 16.6. The summed E-state index contributed by atoms with van der Waals surface area (Å²) in [5.74, 6) is 1.00. The predicted octanol–water partition coefficient (Wildman–Crippen LogP) is 3.11. The summed E-state index contributed by atoms with van der Waals surface area (Å²) in [7, 11) is 1.65. The number of aryl methyl sites for hydroxylation is 1. The summed E-state index contributed by atoms with van der Waals surface area (Å²) in [6.07, 6.45) is 4.92. The first-order valence-electron chi connectivity index (χ1n) is 8.34. The van der Waals surface area contributed by atoms with Gasteiger partial charge in [0.15, 0.2) is 5.82 Å². The zero-order valence-corrected chi connectivity index (χ0v) is 14.2. The normalized spacial score (nSPS) is 16.8. The first-order chi connectivity index (χ1) is 11.6. The molecule has 0 spiro atoms. The number of amides is 1. The maximum atomic E-state index is 12.7. The Morgan fingerprint density at radius 2 is 1.96 bits per heavy atom. The quantitative estimate of drug-likeness (QED) is 0.912. The summed E-state index contributed by atoms with van der Waals surface area (Å²) in [6.45, 7) is 2.30. The molecule has 0 atom stereocenters. The second kappa shape index (κ2) is 7.13. The zero-order valence-electron chi connectivity index (χ0n) is 14.2. The molecule has 0 aliphatic heterocycles. The van der Waals surface area contributed by atoms with Crippen LogP contribution in [0.2, 0.25) is 0 Å². The summed E-state index contributed by atoms with van der Waals surface area (Å²) in [5.41, 5.74) is 1.13. The molecule has 0 unspecified atom stereocenters. The number of aromatic nitrogens is 2. The Morgan fingerprint density at radius 3 is 2.54 bits per heavy atom. The van der Waals surface area contributed by atoms with E-state index in [-0.39, 0.29) is 5.91 Å². The Bertz CT molecular complexity index is 688. The number of carbonyl (C=O) groups is 1. The molecular weight excluding hydrogens is 306 g/mol. The van der Waals surface area contributed by atoms with Crippen LogP contribution in [0.1, 0.15) is 59.7 Å². The van der Waals surface area contributed by atoms with Crippen molar-refractivity contribution in [3.8, 4) is 0 Å². The molecule has 0 radical (unpaired) electrons. The number of hydrogen-bond donors (Lipinski definition) is 1. The van der Waals surface area contributed by atoms with E-state index in [2.05, 4.69) is 15.5 Å². The van der Waals surface area contributed by atoms with Gasteiger partial charge in [-0.15, -0.1) is 0 Å². The van der Waals surface area contributed by atoms with Crippen molar-refractivity contribution in [2.45, 2.75) is 51.2 Å². The van der Waals surface area contributed by atoms with Crippen LogP contribution < -0.4 is 5.32 Å². The number of benzene rings is 1. The van der Waals surface area contributed by atoms with Crippen LogP contribution in [-0.2, 0) is 16.9 Å². The van der Waals surface area contributed by atoms with Gasteiger partial charge in [-0.2, -0.15) is 4.98 Å². The molecule has 128 valence electrons. The molecule has 1 aliphatic rings. The molecule has 1 amide bonds. The Hall–Kier alpha value is -2.21. The number of methoxy groups -OCH3 is 1. The lowest BCUT2D eigenvalue weighted by molar-refractivity contribution is 0.0855. The molecule has 1 fully saturated rings. The number of nitrogens with one attached hydrogen (secondary N) is 1. The van der Waals surface area contributed by atoms with Crippen molar-refractivity contribution in [2.24, 2.45) is 0 Å². The lowest BCUT2D eigenvalue weighted by Crippen LogP contribution is -2.48. The van der Waals surface area contributed by atoms with Gasteiger partial charge in [0, 0.05) is 19.6 Å². The number of carbonyl (C=O) groups excluding carboxylic acids is 1. The molecule has 1 aromatic heterocycles. The van der Waals surface area contributed by atoms with Crippen LogP contribution in [0, 0.1) is 6.92 Å². The second-order valence-corrected chi connectivity index (χ2v) is 6.36. The van der Waals surface area contributed by atoms with E-state index >= 15 is 0 Å². The van der Waals surface area contributed by atoms with Gasteiger partial charge in [-0.1, -0.05) is 36.6 Å². The van der Waals surface area contributed by atoms with E-state index in [0.717, 1.165) is 31.2 Å². The highest BCUT2D eigenvalue weighted by Gasteiger charge is 2.39. The van der Waals surface area contributed by atoms with Crippen molar-refractivity contribution < 1.29 is 14.1 Å². The number of rotatable bonds is 5. The van der Waals surface area contributed by atoms with Crippen LogP contribution >= 0.6 is 0 Å². The Kier molecular flexibility index (Phi) is 4.94. The molecule has 24 heavy (non-hydrogen) atoms. The average molecular weight is 329 g/mol. The Morgan fingerprint density at radius 1 is 1.25 bits per heavy atom. The van der Waals surface area contributed by atoms with Crippen molar-refractivity contribution in [1.82, 2.24) is 15.5 Å². The summed E-state index contributed by atoms with van der Waals surface area (Å²) >= 11 is 0. The molecule has 1 N–H and O–H groups in total. The summed E-state index contributed by atoms with van der Waals surface area (Å²) in [5, 5.41) is 7.25. The molecular formula is C18H23N3O3. The van der Waals surface area contributed by atoms with Crippen molar-refractivity contribution in [2.75, 3.05) is 7.11 Å². The van der Waals surface area contributed by atoms with E-state index in [0.29, 0.717) is 23.9 Å². The monoisotopic (exact) mass is 329 g/mol. The lowest BCUT2D eigenvalue weighted by atomic mass is 9.80. The SMILES string of the molecule is COCc1ccc(C(=O)NC2(c3noc(C)n3)CCCCC2)cc1. The van der Waals surface area contributed by atoms with Crippen LogP contribution in [0.15, 0.2) is 28.8 Å². The van der Waals surface area contributed by atoms with Gasteiger partial charge < -0.3 is 14.6 Å². The van der Waals surface area contributed by atoms with E-state index in [4.69, 9.17) is 9.26 Å².